The van der Waals surface area contributed by atoms with Crippen molar-refractivity contribution in [2.45, 2.75) is 44.4 Å². The summed E-state index contributed by atoms with van der Waals surface area (Å²) in [5.74, 6) is -0.170. The van der Waals surface area contributed by atoms with E-state index in [4.69, 9.17) is 10.1 Å². The van der Waals surface area contributed by atoms with E-state index in [2.05, 4.69) is 10.2 Å². The topological polar surface area (TPSA) is 101 Å². The van der Waals surface area contributed by atoms with Crippen LogP contribution >= 0.6 is 0 Å². The number of aromatic nitrogens is 4. The molecule has 0 aliphatic heterocycles. The van der Waals surface area contributed by atoms with E-state index in [1.807, 2.05) is 18.2 Å². The zero-order valence-electron chi connectivity index (χ0n) is 17.9. The molecule has 2 N–H and O–H groups in total. The standard InChI is InChI=1S/C25H23FN4O3/c26-17-8-10-18(11-9-17)30-23(3-1-2-4-24(31)32)27-22-13-16(7-12-19(22)25(30)33)21-14-20(28-29-21)15-5-6-15/h7-15H,1-6H2,(H,28,29)(H,31,32). The smallest absolute Gasteiger partial charge is 0.303 e. The number of unbranched alkanes of at least 4 members (excludes halogenated alkanes) is 1. The number of halogens is 1. The number of benzene rings is 2. The maximum atomic E-state index is 13.5. The second-order valence-corrected chi connectivity index (χ2v) is 8.46. The lowest BCUT2D eigenvalue weighted by Gasteiger charge is -2.14. The van der Waals surface area contributed by atoms with Gasteiger partial charge in [-0.05, 0) is 68.1 Å². The van der Waals surface area contributed by atoms with Gasteiger partial charge in [0.15, 0.2) is 0 Å². The molecule has 0 amide bonds. The number of carboxylic acid groups (broad SMARTS) is 1. The Labute approximate surface area is 188 Å². The molecule has 168 valence electrons. The zero-order valence-corrected chi connectivity index (χ0v) is 17.9. The third-order valence-corrected chi connectivity index (χ3v) is 5.98. The van der Waals surface area contributed by atoms with Crippen molar-refractivity contribution in [3.8, 4) is 16.9 Å². The van der Waals surface area contributed by atoms with Gasteiger partial charge in [-0.25, -0.2) is 9.37 Å². The van der Waals surface area contributed by atoms with Gasteiger partial charge in [0.2, 0.25) is 0 Å². The molecule has 1 saturated carbocycles. The van der Waals surface area contributed by atoms with Crippen molar-refractivity contribution in [1.29, 1.82) is 0 Å². The van der Waals surface area contributed by atoms with Crippen molar-refractivity contribution in [3.63, 3.8) is 0 Å². The summed E-state index contributed by atoms with van der Waals surface area (Å²) in [6, 6.07) is 13.2. The van der Waals surface area contributed by atoms with Crippen LogP contribution in [0, 0.1) is 5.82 Å². The molecule has 1 aliphatic rings. The molecular formula is C25H23FN4O3. The highest BCUT2D eigenvalue weighted by atomic mass is 19.1. The number of aryl methyl sites for hydroxylation is 1. The lowest BCUT2D eigenvalue weighted by atomic mass is 10.1. The van der Waals surface area contributed by atoms with Crippen LogP contribution in [0.3, 0.4) is 0 Å². The van der Waals surface area contributed by atoms with Gasteiger partial charge in [-0.1, -0.05) is 6.07 Å². The van der Waals surface area contributed by atoms with E-state index in [0.717, 1.165) is 17.0 Å². The highest BCUT2D eigenvalue weighted by molar-refractivity contribution is 5.83. The highest BCUT2D eigenvalue weighted by Crippen LogP contribution is 2.40. The van der Waals surface area contributed by atoms with Gasteiger partial charge in [0, 0.05) is 30.0 Å². The second-order valence-electron chi connectivity index (χ2n) is 8.46. The zero-order chi connectivity index (χ0) is 22.9. The van der Waals surface area contributed by atoms with Gasteiger partial charge in [-0.3, -0.25) is 19.3 Å². The van der Waals surface area contributed by atoms with Crippen molar-refractivity contribution in [2.75, 3.05) is 0 Å². The predicted molar refractivity (Wildman–Crippen MR) is 122 cm³/mol. The number of H-pyrrole nitrogens is 1. The molecule has 2 aromatic carbocycles. The Kier molecular flexibility index (Phi) is 5.50. The van der Waals surface area contributed by atoms with Crippen LogP contribution in [0.15, 0.2) is 53.3 Å². The maximum Gasteiger partial charge on any atom is 0.303 e. The quantitative estimate of drug-likeness (QED) is 0.386. The largest absolute Gasteiger partial charge is 0.481 e. The number of nitrogens with one attached hydrogen (secondary N) is 1. The number of aliphatic carboxylic acids is 1. The van der Waals surface area contributed by atoms with Gasteiger partial charge in [-0.15, -0.1) is 0 Å². The van der Waals surface area contributed by atoms with Gasteiger partial charge in [0.1, 0.15) is 11.6 Å². The summed E-state index contributed by atoms with van der Waals surface area (Å²) < 4.78 is 15.0. The molecule has 1 fully saturated rings. The fourth-order valence-electron chi connectivity index (χ4n) is 4.06. The number of hydrogen-bond donors (Lipinski definition) is 2. The lowest BCUT2D eigenvalue weighted by molar-refractivity contribution is -0.137. The van der Waals surface area contributed by atoms with Crippen molar-refractivity contribution in [3.05, 3.63) is 76.2 Å². The summed E-state index contributed by atoms with van der Waals surface area (Å²) in [5.41, 5.74) is 3.64. The number of carbonyl (C=O) groups is 1. The summed E-state index contributed by atoms with van der Waals surface area (Å²) in [7, 11) is 0. The summed E-state index contributed by atoms with van der Waals surface area (Å²) in [4.78, 5) is 29.1. The fourth-order valence-corrected chi connectivity index (χ4v) is 4.06. The monoisotopic (exact) mass is 446 g/mol. The Morgan fingerprint density at radius 1 is 1.12 bits per heavy atom. The van der Waals surface area contributed by atoms with Gasteiger partial charge in [0.05, 0.1) is 22.3 Å². The molecule has 0 saturated heterocycles. The molecule has 0 spiro atoms. The van der Waals surface area contributed by atoms with Crippen LogP contribution in [0.4, 0.5) is 4.39 Å². The van der Waals surface area contributed by atoms with E-state index >= 15 is 0 Å². The number of carboxylic acids is 1. The highest BCUT2D eigenvalue weighted by Gasteiger charge is 2.25. The van der Waals surface area contributed by atoms with Crippen LogP contribution in [0.5, 0.6) is 0 Å². The number of hydrogen-bond acceptors (Lipinski definition) is 4. The van der Waals surface area contributed by atoms with Crippen LogP contribution in [0.2, 0.25) is 0 Å². The van der Waals surface area contributed by atoms with Gasteiger partial charge in [-0.2, -0.15) is 5.10 Å². The minimum absolute atomic E-state index is 0.0565. The first-order valence-electron chi connectivity index (χ1n) is 11.1. The molecule has 0 unspecified atom stereocenters. The van der Waals surface area contributed by atoms with Crippen LogP contribution < -0.4 is 5.56 Å². The number of rotatable bonds is 8. The summed E-state index contributed by atoms with van der Waals surface area (Å²) in [6.45, 7) is 0. The molecule has 7 nitrogen and oxygen atoms in total. The van der Waals surface area contributed by atoms with Gasteiger partial charge in [0.25, 0.3) is 5.56 Å². The van der Waals surface area contributed by atoms with E-state index in [0.29, 0.717) is 47.6 Å². The molecule has 8 heteroatoms. The average Bonchev–Trinajstić information content (AvgIpc) is 3.54. The van der Waals surface area contributed by atoms with E-state index in [1.54, 1.807) is 18.2 Å². The first kappa shape index (κ1) is 21.1. The van der Waals surface area contributed by atoms with Crippen molar-refractivity contribution < 1.29 is 14.3 Å². The molecule has 2 heterocycles. The van der Waals surface area contributed by atoms with E-state index in [1.165, 1.54) is 29.5 Å². The summed E-state index contributed by atoms with van der Waals surface area (Å²) >= 11 is 0. The minimum atomic E-state index is -0.855. The van der Waals surface area contributed by atoms with E-state index in [9.17, 15) is 14.0 Å². The summed E-state index contributed by atoms with van der Waals surface area (Å²) in [5, 5.41) is 16.9. The minimum Gasteiger partial charge on any atom is -0.481 e. The molecule has 0 bridgehead atoms. The van der Waals surface area contributed by atoms with Crippen molar-refractivity contribution in [2.24, 2.45) is 0 Å². The third kappa shape index (κ3) is 4.41. The third-order valence-electron chi connectivity index (χ3n) is 5.98. The fraction of sp³-hybridized carbons (Fsp3) is 0.280. The average molecular weight is 446 g/mol. The molecule has 2 aromatic heterocycles. The Balaban J connectivity index is 1.57. The number of nitrogens with zero attached hydrogens (tertiary/aromatic N) is 3. The Hall–Kier alpha value is -3.81. The van der Waals surface area contributed by atoms with Crippen molar-refractivity contribution >= 4 is 16.9 Å². The summed E-state index contributed by atoms with van der Waals surface area (Å²) in [6.07, 6.45) is 3.87. The first-order valence-corrected chi connectivity index (χ1v) is 11.1. The van der Waals surface area contributed by atoms with Crippen molar-refractivity contribution in [1.82, 2.24) is 19.7 Å². The Morgan fingerprint density at radius 2 is 1.91 bits per heavy atom. The molecular weight excluding hydrogens is 423 g/mol. The van der Waals surface area contributed by atoms with Gasteiger partial charge >= 0.3 is 5.97 Å². The van der Waals surface area contributed by atoms with E-state index < -0.39 is 11.8 Å². The Morgan fingerprint density at radius 3 is 2.64 bits per heavy atom. The second kappa shape index (κ2) is 8.61. The van der Waals surface area contributed by atoms with Crippen LogP contribution in [0.1, 0.15) is 49.5 Å². The molecule has 1 aliphatic carbocycles. The SMILES string of the molecule is O=C(O)CCCCc1nc2cc(-c3cc(C4CC4)[nH]n3)ccc2c(=O)n1-c1ccc(F)cc1. The Bertz CT molecular complexity index is 1390. The normalized spacial score (nSPS) is 13.5. The lowest BCUT2D eigenvalue weighted by Crippen LogP contribution is -2.24. The molecule has 0 atom stereocenters. The van der Waals surface area contributed by atoms with Crippen LogP contribution in [0.25, 0.3) is 27.8 Å². The molecule has 33 heavy (non-hydrogen) atoms. The van der Waals surface area contributed by atoms with Crippen LogP contribution in [-0.2, 0) is 11.2 Å². The predicted octanol–water partition coefficient (Wildman–Crippen LogP) is 4.59. The molecule has 5 rings (SSSR count). The van der Waals surface area contributed by atoms with Gasteiger partial charge < -0.3 is 5.11 Å². The number of aromatic amines is 1. The van der Waals surface area contributed by atoms with Crippen LogP contribution in [-0.4, -0.2) is 30.8 Å². The molecule has 0 radical (unpaired) electrons. The number of fused-ring (bicyclic) bond motifs is 1. The molecule has 4 aromatic rings. The van der Waals surface area contributed by atoms with E-state index in [-0.39, 0.29) is 12.0 Å². The maximum absolute atomic E-state index is 13.5. The first-order chi connectivity index (χ1) is 16.0.